The van der Waals surface area contributed by atoms with Gasteiger partial charge in [-0.05, 0) is 56.3 Å². The Morgan fingerprint density at radius 2 is 1.48 bits per heavy atom. The van der Waals surface area contributed by atoms with Crippen LogP contribution in [-0.2, 0) is 24.7 Å². The molecule has 162 valence electrons. The molecule has 0 saturated heterocycles. The Balaban J connectivity index is 1.67. The molecule has 3 rings (SSSR count). The van der Waals surface area contributed by atoms with E-state index in [1.54, 1.807) is 25.1 Å². The number of rotatable bonds is 7. The molecular formula is C20H20N4O5S2. The molecule has 0 aliphatic rings. The lowest BCUT2D eigenvalue weighted by molar-refractivity contribution is -0.113. The number of anilines is 2. The minimum atomic E-state index is -3.93. The summed E-state index contributed by atoms with van der Waals surface area (Å²) in [5.41, 5.74) is 1.77. The molecule has 11 heteroatoms. The Hall–Kier alpha value is -3.31. The van der Waals surface area contributed by atoms with Crippen molar-refractivity contribution < 1.29 is 21.6 Å². The van der Waals surface area contributed by atoms with Crippen molar-refractivity contribution in [3.8, 4) is 0 Å². The van der Waals surface area contributed by atoms with Crippen LogP contribution in [0, 0.1) is 13.8 Å². The van der Waals surface area contributed by atoms with Gasteiger partial charge in [0.15, 0.2) is 9.84 Å². The zero-order valence-electron chi connectivity index (χ0n) is 16.7. The molecule has 0 atom stereocenters. The third-order valence-corrected chi connectivity index (χ3v) is 7.15. The molecule has 1 aromatic heterocycles. The number of aromatic nitrogens is 2. The molecule has 3 aromatic rings. The lowest BCUT2D eigenvalue weighted by Crippen LogP contribution is -2.23. The van der Waals surface area contributed by atoms with Crippen LogP contribution in [0.25, 0.3) is 0 Å². The van der Waals surface area contributed by atoms with Crippen molar-refractivity contribution in [2.75, 3.05) is 15.8 Å². The van der Waals surface area contributed by atoms with Crippen LogP contribution in [0.15, 0.2) is 70.6 Å². The van der Waals surface area contributed by atoms with E-state index in [1.807, 2.05) is 6.92 Å². The third kappa shape index (κ3) is 5.86. The van der Waals surface area contributed by atoms with Gasteiger partial charge in [0.25, 0.3) is 10.0 Å². The molecule has 0 spiro atoms. The predicted octanol–water partition coefficient (Wildman–Crippen LogP) is 2.31. The van der Waals surface area contributed by atoms with Crippen molar-refractivity contribution in [1.82, 2.24) is 9.97 Å². The first-order valence-electron chi connectivity index (χ1n) is 9.07. The van der Waals surface area contributed by atoms with E-state index in [9.17, 15) is 21.6 Å². The van der Waals surface area contributed by atoms with E-state index in [0.29, 0.717) is 5.69 Å². The maximum atomic E-state index is 12.5. The van der Waals surface area contributed by atoms with E-state index >= 15 is 0 Å². The molecule has 31 heavy (non-hydrogen) atoms. The Labute approximate surface area is 180 Å². The maximum absolute atomic E-state index is 12.5. The highest BCUT2D eigenvalue weighted by Crippen LogP contribution is 2.17. The van der Waals surface area contributed by atoms with E-state index in [0.717, 1.165) is 5.56 Å². The SMILES string of the molecule is Cc1ccc(S(=O)(=O)CC(=O)Nc2ccc(S(=O)(=O)Nc3nccc(C)n3)cc2)cc1. The van der Waals surface area contributed by atoms with Gasteiger partial charge in [-0.15, -0.1) is 0 Å². The Kier molecular flexibility index (Phi) is 6.37. The van der Waals surface area contributed by atoms with Crippen molar-refractivity contribution in [3.63, 3.8) is 0 Å². The Morgan fingerprint density at radius 1 is 0.871 bits per heavy atom. The minimum Gasteiger partial charge on any atom is -0.325 e. The van der Waals surface area contributed by atoms with Gasteiger partial charge < -0.3 is 5.32 Å². The maximum Gasteiger partial charge on any atom is 0.264 e. The van der Waals surface area contributed by atoms with Crippen LogP contribution in [-0.4, -0.2) is 38.5 Å². The molecule has 0 aliphatic heterocycles. The lowest BCUT2D eigenvalue weighted by atomic mass is 10.2. The fraction of sp³-hybridized carbons (Fsp3) is 0.150. The van der Waals surface area contributed by atoms with Gasteiger partial charge in [0.05, 0.1) is 9.79 Å². The zero-order chi connectivity index (χ0) is 22.6. The van der Waals surface area contributed by atoms with Crippen molar-refractivity contribution in [3.05, 3.63) is 72.1 Å². The van der Waals surface area contributed by atoms with Crippen molar-refractivity contribution in [2.24, 2.45) is 0 Å². The first-order chi connectivity index (χ1) is 14.5. The topological polar surface area (TPSA) is 135 Å². The van der Waals surface area contributed by atoms with Gasteiger partial charge in [-0.2, -0.15) is 0 Å². The molecular weight excluding hydrogens is 440 g/mol. The summed E-state index contributed by atoms with van der Waals surface area (Å²) in [7, 11) is -7.73. The number of benzene rings is 2. The summed E-state index contributed by atoms with van der Waals surface area (Å²) >= 11 is 0. The van der Waals surface area contributed by atoms with E-state index in [1.165, 1.54) is 42.6 Å². The second kappa shape index (κ2) is 8.82. The lowest BCUT2D eigenvalue weighted by Gasteiger charge is -2.09. The van der Waals surface area contributed by atoms with Gasteiger partial charge in [0, 0.05) is 17.6 Å². The molecule has 1 amide bonds. The molecule has 2 N–H and O–H groups in total. The number of carbonyl (C=O) groups excluding carboxylic acids is 1. The van der Waals surface area contributed by atoms with Gasteiger partial charge in [-0.1, -0.05) is 17.7 Å². The van der Waals surface area contributed by atoms with Crippen LogP contribution in [0.3, 0.4) is 0 Å². The highest BCUT2D eigenvalue weighted by molar-refractivity contribution is 7.92. The largest absolute Gasteiger partial charge is 0.325 e. The van der Waals surface area contributed by atoms with Gasteiger partial charge in [-0.25, -0.2) is 31.5 Å². The number of sulfone groups is 1. The molecule has 0 radical (unpaired) electrons. The van der Waals surface area contributed by atoms with Crippen molar-refractivity contribution in [1.29, 1.82) is 0 Å². The second-order valence-corrected chi connectivity index (χ2v) is 10.4. The van der Waals surface area contributed by atoms with Crippen LogP contribution in [0.1, 0.15) is 11.3 Å². The number of hydrogen-bond acceptors (Lipinski definition) is 7. The summed E-state index contributed by atoms with van der Waals surface area (Å²) in [6.07, 6.45) is 1.43. The number of sulfonamides is 1. The van der Waals surface area contributed by atoms with Gasteiger partial charge in [0.2, 0.25) is 11.9 Å². The summed E-state index contributed by atoms with van der Waals surface area (Å²) in [6, 6.07) is 13.1. The van der Waals surface area contributed by atoms with Gasteiger partial charge in [0.1, 0.15) is 5.75 Å². The fourth-order valence-electron chi connectivity index (χ4n) is 2.59. The smallest absolute Gasteiger partial charge is 0.264 e. The monoisotopic (exact) mass is 460 g/mol. The van der Waals surface area contributed by atoms with E-state index in [4.69, 9.17) is 0 Å². The molecule has 0 fully saturated rings. The van der Waals surface area contributed by atoms with Crippen LogP contribution in [0.5, 0.6) is 0 Å². The van der Waals surface area contributed by atoms with Crippen LogP contribution in [0.2, 0.25) is 0 Å². The molecule has 9 nitrogen and oxygen atoms in total. The minimum absolute atomic E-state index is 0.0548. The average molecular weight is 461 g/mol. The summed E-state index contributed by atoms with van der Waals surface area (Å²) in [5, 5.41) is 2.46. The zero-order valence-corrected chi connectivity index (χ0v) is 18.4. The fourth-order valence-corrected chi connectivity index (χ4v) is 4.68. The standard InChI is InChI=1S/C20H20N4O5S2/c1-14-3-7-17(8-4-14)30(26,27)13-19(25)23-16-5-9-18(10-6-16)31(28,29)24-20-21-12-11-15(2)22-20/h3-12H,13H2,1-2H3,(H,23,25)(H,21,22,24). The first kappa shape index (κ1) is 22.4. The summed E-state index contributed by atoms with van der Waals surface area (Å²) < 4.78 is 51.9. The van der Waals surface area contributed by atoms with Crippen molar-refractivity contribution in [2.45, 2.75) is 23.6 Å². The molecule has 0 saturated carbocycles. The highest BCUT2D eigenvalue weighted by atomic mass is 32.2. The Bertz CT molecular complexity index is 1300. The summed E-state index contributed by atoms with van der Waals surface area (Å²) in [5.74, 6) is -1.52. The average Bonchev–Trinajstić information content (AvgIpc) is 2.68. The first-order valence-corrected chi connectivity index (χ1v) is 12.2. The number of nitrogens with zero attached hydrogens (tertiary/aromatic N) is 2. The summed E-state index contributed by atoms with van der Waals surface area (Å²) in [4.78, 5) is 20.0. The van der Waals surface area contributed by atoms with E-state index in [-0.39, 0.29) is 21.4 Å². The number of carbonyl (C=O) groups is 1. The van der Waals surface area contributed by atoms with E-state index in [2.05, 4.69) is 20.0 Å². The van der Waals surface area contributed by atoms with Crippen molar-refractivity contribution >= 4 is 37.4 Å². The molecule has 0 bridgehead atoms. The molecule has 0 aliphatic carbocycles. The number of nitrogens with one attached hydrogen (secondary N) is 2. The quantitative estimate of drug-likeness (QED) is 0.552. The molecule has 0 unspecified atom stereocenters. The number of hydrogen-bond donors (Lipinski definition) is 2. The van der Waals surface area contributed by atoms with Crippen LogP contribution >= 0.6 is 0 Å². The van der Waals surface area contributed by atoms with Crippen LogP contribution in [0.4, 0.5) is 11.6 Å². The normalized spacial score (nSPS) is 11.7. The summed E-state index contributed by atoms with van der Waals surface area (Å²) in [6.45, 7) is 3.53. The highest BCUT2D eigenvalue weighted by Gasteiger charge is 2.20. The van der Waals surface area contributed by atoms with Gasteiger partial charge >= 0.3 is 0 Å². The second-order valence-electron chi connectivity index (χ2n) is 6.77. The molecule has 2 aromatic carbocycles. The molecule has 1 heterocycles. The number of aryl methyl sites for hydroxylation is 2. The van der Waals surface area contributed by atoms with E-state index < -0.39 is 31.5 Å². The Morgan fingerprint density at radius 3 is 2.10 bits per heavy atom. The third-order valence-electron chi connectivity index (χ3n) is 4.17. The van der Waals surface area contributed by atoms with Gasteiger partial charge in [-0.3, -0.25) is 4.79 Å². The number of amides is 1. The predicted molar refractivity (Wildman–Crippen MR) is 116 cm³/mol. The van der Waals surface area contributed by atoms with Crippen LogP contribution < -0.4 is 10.0 Å².